The van der Waals surface area contributed by atoms with Gasteiger partial charge in [-0.15, -0.1) is 11.3 Å². The van der Waals surface area contributed by atoms with Gasteiger partial charge in [-0.05, 0) is 38.4 Å². The van der Waals surface area contributed by atoms with Gasteiger partial charge in [-0.1, -0.05) is 43.7 Å². The van der Waals surface area contributed by atoms with Gasteiger partial charge in [0.05, 0.1) is 5.39 Å². The molecule has 136 valence electrons. The molecule has 1 aliphatic rings. The molecule has 4 nitrogen and oxygen atoms in total. The summed E-state index contributed by atoms with van der Waals surface area (Å²) < 4.78 is 0. The van der Waals surface area contributed by atoms with Crippen molar-refractivity contribution in [3.8, 4) is 11.4 Å². The summed E-state index contributed by atoms with van der Waals surface area (Å²) in [5.74, 6) is 1.78. The Bertz CT molecular complexity index is 853. The highest BCUT2D eigenvalue weighted by Crippen LogP contribution is 2.31. The van der Waals surface area contributed by atoms with Crippen molar-refractivity contribution in [1.82, 2.24) is 14.9 Å². The lowest BCUT2D eigenvalue weighted by atomic mass is 10.1. The largest absolute Gasteiger partial charge is 0.368 e. The Labute approximate surface area is 159 Å². The topological polar surface area (TPSA) is 41.0 Å². The fourth-order valence-corrected chi connectivity index (χ4v) is 4.48. The van der Waals surface area contributed by atoms with Crippen molar-refractivity contribution < 1.29 is 0 Å². The predicted molar refractivity (Wildman–Crippen MR) is 111 cm³/mol. The van der Waals surface area contributed by atoms with Gasteiger partial charge in [0.1, 0.15) is 10.6 Å². The molecule has 0 amide bonds. The average molecular weight is 367 g/mol. The van der Waals surface area contributed by atoms with Crippen LogP contribution < -0.4 is 5.32 Å². The maximum absolute atomic E-state index is 4.87. The van der Waals surface area contributed by atoms with Crippen LogP contribution in [0.5, 0.6) is 0 Å². The molecule has 0 saturated carbocycles. The molecule has 0 spiro atoms. The number of fused-ring (bicyclic) bond motifs is 1. The number of aryl methyl sites for hydroxylation is 1. The number of anilines is 1. The SMILES string of the molecule is CCc1cc2c(NCCN3CCCCC3)nc(-c3ccccc3)nc2s1. The summed E-state index contributed by atoms with van der Waals surface area (Å²) >= 11 is 1.78. The summed E-state index contributed by atoms with van der Waals surface area (Å²) in [4.78, 5) is 14.7. The number of benzene rings is 1. The van der Waals surface area contributed by atoms with Crippen LogP contribution in [-0.2, 0) is 6.42 Å². The van der Waals surface area contributed by atoms with Crippen molar-refractivity contribution in [2.75, 3.05) is 31.5 Å². The molecule has 1 aromatic carbocycles. The third-order valence-electron chi connectivity index (χ3n) is 4.99. The van der Waals surface area contributed by atoms with E-state index in [9.17, 15) is 0 Å². The van der Waals surface area contributed by atoms with Crippen LogP contribution >= 0.6 is 11.3 Å². The molecule has 1 N–H and O–H groups in total. The number of aromatic nitrogens is 2. The fourth-order valence-electron chi connectivity index (χ4n) is 3.51. The van der Waals surface area contributed by atoms with E-state index < -0.39 is 0 Å². The van der Waals surface area contributed by atoms with Crippen molar-refractivity contribution in [3.63, 3.8) is 0 Å². The molecule has 3 aromatic rings. The fraction of sp³-hybridized carbons (Fsp3) is 0.429. The summed E-state index contributed by atoms with van der Waals surface area (Å²) in [5.41, 5.74) is 1.07. The van der Waals surface area contributed by atoms with Gasteiger partial charge in [-0.2, -0.15) is 0 Å². The summed E-state index contributed by atoms with van der Waals surface area (Å²) in [6.45, 7) is 6.66. The number of hydrogen-bond acceptors (Lipinski definition) is 5. The van der Waals surface area contributed by atoms with Gasteiger partial charge in [-0.25, -0.2) is 9.97 Å². The van der Waals surface area contributed by atoms with E-state index in [2.05, 4.69) is 35.3 Å². The van der Waals surface area contributed by atoms with E-state index in [1.807, 2.05) is 18.2 Å². The molecular weight excluding hydrogens is 340 g/mol. The Morgan fingerprint density at radius 1 is 1.08 bits per heavy atom. The van der Waals surface area contributed by atoms with E-state index in [0.717, 1.165) is 46.9 Å². The van der Waals surface area contributed by atoms with Gasteiger partial charge in [0.15, 0.2) is 5.82 Å². The van der Waals surface area contributed by atoms with E-state index >= 15 is 0 Å². The van der Waals surface area contributed by atoms with Gasteiger partial charge in [-0.3, -0.25) is 0 Å². The van der Waals surface area contributed by atoms with Gasteiger partial charge in [0.25, 0.3) is 0 Å². The van der Waals surface area contributed by atoms with E-state index in [1.165, 1.54) is 37.2 Å². The minimum absolute atomic E-state index is 0.808. The van der Waals surface area contributed by atoms with Crippen LogP contribution in [0.2, 0.25) is 0 Å². The van der Waals surface area contributed by atoms with Crippen LogP contribution in [-0.4, -0.2) is 41.0 Å². The van der Waals surface area contributed by atoms with E-state index in [0.29, 0.717) is 0 Å². The molecule has 1 aliphatic heterocycles. The molecule has 3 heterocycles. The minimum Gasteiger partial charge on any atom is -0.368 e. The van der Waals surface area contributed by atoms with Gasteiger partial charge >= 0.3 is 0 Å². The second-order valence-corrected chi connectivity index (χ2v) is 7.99. The maximum Gasteiger partial charge on any atom is 0.163 e. The third-order valence-corrected chi connectivity index (χ3v) is 6.17. The standard InChI is InChI=1S/C21H26N4S/c1-2-17-15-18-20(22-11-14-25-12-7-4-8-13-25)23-19(24-21(18)26-17)16-9-5-3-6-10-16/h3,5-6,9-10,15H,2,4,7-8,11-14H2,1H3,(H,22,23,24). The van der Waals surface area contributed by atoms with Crippen molar-refractivity contribution in [1.29, 1.82) is 0 Å². The quantitative estimate of drug-likeness (QED) is 0.679. The Morgan fingerprint density at radius 3 is 2.65 bits per heavy atom. The molecule has 1 fully saturated rings. The zero-order valence-electron chi connectivity index (χ0n) is 15.4. The Hall–Kier alpha value is -1.98. The first-order valence-corrected chi connectivity index (χ1v) is 10.5. The van der Waals surface area contributed by atoms with Crippen LogP contribution in [0.25, 0.3) is 21.6 Å². The molecule has 0 bridgehead atoms. The first-order chi connectivity index (χ1) is 12.8. The summed E-state index contributed by atoms with van der Waals surface area (Å²) in [6.07, 6.45) is 5.08. The number of thiophene rings is 1. The summed E-state index contributed by atoms with van der Waals surface area (Å²) in [7, 11) is 0. The van der Waals surface area contributed by atoms with Gasteiger partial charge in [0.2, 0.25) is 0 Å². The predicted octanol–water partition coefficient (Wildman–Crippen LogP) is 4.82. The smallest absolute Gasteiger partial charge is 0.163 e. The van der Waals surface area contributed by atoms with Crippen LogP contribution in [0.1, 0.15) is 31.1 Å². The highest BCUT2D eigenvalue weighted by Gasteiger charge is 2.14. The van der Waals surface area contributed by atoms with Crippen molar-refractivity contribution in [2.24, 2.45) is 0 Å². The molecule has 5 heteroatoms. The lowest BCUT2D eigenvalue weighted by Gasteiger charge is -2.26. The number of rotatable bonds is 6. The number of piperidine rings is 1. The first-order valence-electron chi connectivity index (χ1n) is 9.65. The molecular formula is C21H26N4S. The zero-order valence-corrected chi connectivity index (χ0v) is 16.2. The first kappa shape index (κ1) is 17.4. The molecule has 26 heavy (non-hydrogen) atoms. The molecule has 2 aromatic heterocycles. The second-order valence-electron chi connectivity index (χ2n) is 6.88. The number of nitrogens with zero attached hydrogens (tertiary/aromatic N) is 3. The highest BCUT2D eigenvalue weighted by molar-refractivity contribution is 7.18. The monoisotopic (exact) mass is 366 g/mol. The number of hydrogen-bond donors (Lipinski definition) is 1. The summed E-state index contributed by atoms with van der Waals surface area (Å²) in [6, 6.07) is 12.5. The molecule has 0 radical (unpaired) electrons. The van der Waals surface area contributed by atoms with Crippen LogP contribution in [0, 0.1) is 0 Å². The highest BCUT2D eigenvalue weighted by atomic mass is 32.1. The number of likely N-dealkylation sites (tertiary alicyclic amines) is 1. The Morgan fingerprint density at radius 2 is 1.88 bits per heavy atom. The molecule has 0 unspecified atom stereocenters. The van der Waals surface area contributed by atoms with Crippen molar-refractivity contribution in [3.05, 3.63) is 41.3 Å². The lowest BCUT2D eigenvalue weighted by molar-refractivity contribution is 0.237. The van der Waals surface area contributed by atoms with Crippen molar-refractivity contribution >= 4 is 27.4 Å². The molecule has 0 atom stereocenters. The van der Waals surface area contributed by atoms with E-state index in [1.54, 1.807) is 11.3 Å². The third kappa shape index (κ3) is 3.89. The normalized spacial score (nSPS) is 15.4. The van der Waals surface area contributed by atoms with E-state index in [4.69, 9.17) is 9.97 Å². The van der Waals surface area contributed by atoms with Crippen molar-refractivity contribution in [2.45, 2.75) is 32.6 Å². The zero-order chi connectivity index (χ0) is 17.8. The minimum atomic E-state index is 0.808. The molecule has 4 rings (SSSR count). The lowest BCUT2D eigenvalue weighted by Crippen LogP contribution is -2.33. The van der Waals surface area contributed by atoms with Gasteiger partial charge in [0, 0.05) is 23.5 Å². The number of nitrogens with one attached hydrogen (secondary N) is 1. The second kappa shape index (κ2) is 8.14. The Kier molecular flexibility index (Phi) is 5.46. The Balaban J connectivity index is 1.59. The van der Waals surface area contributed by atoms with Crippen LogP contribution in [0.15, 0.2) is 36.4 Å². The van der Waals surface area contributed by atoms with Crippen LogP contribution in [0.3, 0.4) is 0 Å². The molecule has 1 saturated heterocycles. The summed E-state index contributed by atoms with van der Waals surface area (Å²) in [5, 5.41) is 4.75. The average Bonchev–Trinajstić information content (AvgIpc) is 3.13. The van der Waals surface area contributed by atoms with Crippen LogP contribution in [0.4, 0.5) is 5.82 Å². The maximum atomic E-state index is 4.87. The van der Waals surface area contributed by atoms with Gasteiger partial charge < -0.3 is 10.2 Å². The molecule has 0 aliphatic carbocycles. The van der Waals surface area contributed by atoms with E-state index in [-0.39, 0.29) is 0 Å².